The first kappa shape index (κ1) is 15.9. The predicted molar refractivity (Wildman–Crippen MR) is 73.8 cm³/mol. The van der Waals surface area contributed by atoms with Crippen LogP contribution in [0.25, 0.3) is 0 Å². The van der Waals surface area contributed by atoms with Crippen LogP contribution >= 0.6 is 0 Å². The summed E-state index contributed by atoms with van der Waals surface area (Å²) in [4.78, 5) is 0. The van der Waals surface area contributed by atoms with E-state index in [0.717, 1.165) is 25.7 Å². The first-order valence-corrected chi connectivity index (χ1v) is 8.65. The normalized spacial score (nSPS) is 26.7. The highest BCUT2D eigenvalue weighted by atomic mass is 32.2. The molecule has 0 spiro atoms. The van der Waals surface area contributed by atoms with E-state index in [4.69, 9.17) is 0 Å². The predicted octanol–water partition coefficient (Wildman–Crippen LogP) is 1.85. The molecular weight excluding hydrogens is 250 g/mol. The number of aliphatic hydroxyl groups excluding tert-OH is 1. The first-order valence-electron chi connectivity index (χ1n) is 7.04. The van der Waals surface area contributed by atoms with E-state index in [1.54, 1.807) is 4.31 Å². The molecule has 0 saturated carbocycles. The van der Waals surface area contributed by atoms with Gasteiger partial charge < -0.3 is 5.11 Å². The molecule has 1 rings (SSSR count). The van der Waals surface area contributed by atoms with Gasteiger partial charge in [0.25, 0.3) is 0 Å². The maximum absolute atomic E-state index is 12.4. The topological polar surface area (TPSA) is 57.6 Å². The third-order valence-corrected chi connectivity index (χ3v) is 6.26. The number of sulfonamides is 1. The third-order valence-electron chi connectivity index (χ3n) is 4.14. The van der Waals surface area contributed by atoms with Crippen LogP contribution in [-0.2, 0) is 10.0 Å². The van der Waals surface area contributed by atoms with E-state index in [2.05, 4.69) is 0 Å². The fourth-order valence-electron chi connectivity index (χ4n) is 2.60. The summed E-state index contributed by atoms with van der Waals surface area (Å²) in [5.41, 5.74) is 0. The van der Waals surface area contributed by atoms with Gasteiger partial charge in [-0.15, -0.1) is 0 Å². The first-order chi connectivity index (χ1) is 8.44. The Balaban J connectivity index is 2.75. The highest BCUT2D eigenvalue weighted by molar-refractivity contribution is 7.89. The molecule has 0 bridgehead atoms. The number of aliphatic hydroxyl groups is 1. The monoisotopic (exact) mass is 277 g/mol. The maximum Gasteiger partial charge on any atom is 0.214 e. The van der Waals surface area contributed by atoms with E-state index in [0.29, 0.717) is 6.54 Å². The van der Waals surface area contributed by atoms with E-state index in [1.807, 2.05) is 20.8 Å². The summed E-state index contributed by atoms with van der Waals surface area (Å²) >= 11 is 0. The molecule has 0 aromatic heterocycles. The number of hydrogen-bond donors (Lipinski definition) is 1. The van der Waals surface area contributed by atoms with Gasteiger partial charge in [-0.1, -0.05) is 26.7 Å². The quantitative estimate of drug-likeness (QED) is 0.806. The molecule has 0 radical (unpaired) electrons. The zero-order chi connectivity index (χ0) is 13.8. The molecule has 0 aromatic rings. The summed E-state index contributed by atoms with van der Waals surface area (Å²) in [5, 5.41) is 9.21. The van der Waals surface area contributed by atoms with Crippen LogP contribution in [0.3, 0.4) is 0 Å². The molecule has 1 N–H and O–H groups in total. The van der Waals surface area contributed by atoms with E-state index in [9.17, 15) is 13.5 Å². The lowest BCUT2D eigenvalue weighted by Crippen LogP contribution is -2.47. The highest BCUT2D eigenvalue weighted by Crippen LogP contribution is 2.26. The van der Waals surface area contributed by atoms with E-state index < -0.39 is 10.0 Å². The van der Waals surface area contributed by atoms with Crippen molar-refractivity contribution in [3.63, 3.8) is 0 Å². The third kappa shape index (κ3) is 3.93. The van der Waals surface area contributed by atoms with Gasteiger partial charge in [0, 0.05) is 19.2 Å². The summed E-state index contributed by atoms with van der Waals surface area (Å²) in [6.07, 6.45) is 3.59. The van der Waals surface area contributed by atoms with Crippen LogP contribution < -0.4 is 0 Å². The molecule has 2 atom stereocenters. The molecule has 4 nitrogen and oxygen atoms in total. The van der Waals surface area contributed by atoms with Crippen LogP contribution in [0, 0.1) is 11.8 Å². The van der Waals surface area contributed by atoms with Gasteiger partial charge in [0.2, 0.25) is 10.0 Å². The van der Waals surface area contributed by atoms with E-state index >= 15 is 0 Å². The largest absolute Gasteiger partial charge is 0.396 e. The smallest absolute Gasteiger partial charge is 0.214 e. The van der Waals surface area contributed by atoms with Crippen molar-refractivity contribution in [3.8, 4) is 0 Å². The molecule has 1 aliphatic heterocycles. The van der Waals surface area contributed by atoms with Crippen LogP contribution in [-0.4, -0.2) is 42.8 Å². The lowest BCUT2D eigenvalue weighted by Gasteiger charge is -2.37. The Hall–Kier alpha value is -0.130. The summed E-state index contributed by atoms with van der Waals surface area (Å²) in [6.45, 7) is 6.63. The molecule has 0 aromatic carbocycles. The number of hydrogen-bond acceptors (Lipinski definition) is 3. The molecule has 0 aliphatic carbocycles. The Morgan fingerprint density at radius 1 is 1.28 bits per heavy atom. The fraction of sp³-hybridized carbons (Fsp3) is 1.00. The van der Waals surface area contributed by atoms with E-state index in [1.165, 1.54) is 0 Å². The Morgan fingerprint density at radius 3 is 2.39 bits per heavy atom. The summed E-state index contributed by atoms with van der Waals surface area (Å²) in [6, 6.07) is 0.0761. The molecule has 2 unspecified atom stereocenters. The SMILES string of the molecule is CCC(CC)CS(=O)(=O)N1CC(CO)CCC1C. The summed E-state index contributed by atoms with van der Waals surface area (Å²) < 4.78 is 26.5. The van der Waals surface area contributed by atoms with Crippen LogP contribution in [0.15, 0.2) is 0 Å². The van der Waals surface area contributed by atoms with Crippen LogP contribution in [0.4, 0.5) is 0 Å². The zero-order valence-corrected chi connectivity index (χ0v) is 12.6. The molecule has 1 heterocycles. The molecule has 1 aliphatic rings. The molecular formula is C13H27NO3S. The summed E-state index contributed by atoms with van der Waals surface area (Å²) in [7, 11) is -3.18. The van der Waals surface area contributed by atoms with Gasteiger partial charge in [0.1, 0.15) is 0 Å². The van der Waals surface area contributed by atoms with E-state index in [-0.39, 0.29) is 30.2 Å². The number of piperidine rings is 1. The fourth-order valence-corrected chi connectivity index (χ4v) is 4.95. The van der Waals surface area contributed by atoms with Crippen molar-refractivity contribution in [1.82, 2.24) is 4.31 Å². The van der Waals surface area contributed by atoms with Crippen LogP contribution in [0.1, 0.15) is 46.5 Å². The molecule has 108 valence electrons. The Labute approximate surface area is 111 Å². The van der Waals surface area contributed by atoms with Crippen molar-refractivity contribution in [1.29, 1.82) is 0 Å². The van der Waals surface area contributed by atoms with Gasteiger partial charge in [0.05, 0.1) is 5.75 Å². The minimum Gasteiger partial charge on any atom is -0.396 e. The molecule has 5 heteroatoms. The van der Waals surface area contributed by atoms with Crippen LogP contribution in [0.2, 0.25) is 0 Å². The highest BCUT2D eigenvalue weighted by Gasteiger charge is 2.34. The second-order valence-electron chi connectivity index (χ2n) is 5.51. The lowest BCUT2D eigenvalue weighted by molar-refractivity contribution is 0.139. The van der Waals surface area contributed by atoms with Crippen molar-refractivity contribution in [2.24, 2.45) is 11.8 Å². The molecule has 18 heavy (non-hydrogen) atoms. The average Bonchev–Trinajstić information content (AvgIpc) is 2.36. The van der Waals surface area contributed by atoms with Crippen molar-refractivity contribution >= 4 is 10.0 Å². The van der Waals surface area contributed by atoms with Gasteiger partial charge in [-0.2, -0.15) is 4.31 Å². The summed E-state index contributed by atoms with van der Waals surface area (Å²) in [5.74, 6) is 0.608. The van der Waals surface area contributed by atoms with Gasteiger partial charge in [0.15, 0.2) is 0 Å². The maximum atomic E-state index is 12.4. The standard InChI is InChI=1S/C13H27NO3S/c1-4-12(5-2)10-18(16,17)14-8-13(9-15)7-6-11(14)3/h11-13,15H,4-10H2,1-3H3. The van der Waals surface area contributed by atoms with Gasteiger partial charge >= 0.3 is 0 Å². The Kier molecular flexibility index (Phi) is 6.08. The average molecular weight is 277 g/mol. The molecule has 0 amide bonds. The second kappa shape index (κ2) is 6.87. The van der Waals surface area contributed by atoms with Gasteiger partial charge in [-0.3, -0.25) is 0 Å². The van der Waals surface area contributed by atoms with Crippen molar-refractivity contribution < 1.29 is 13.5 Å². The van der Waals surface area contributed by atoms with Crippen LogP contribution in [0.5, 0.6) is 0 Å². The lowest BCUT2D eigenvalue weighted by atomic mass is 9.96. The van der Waals surface area contributed by atoms with Crippen molar-refractivity contribution in [2.45, 2.75) is 52.5 Å². The molecule has 1 fully saturated rings. The van der Waals surface area contributed by atoms with Gasteiger partial charge in [-0.05, 0) is 31.6 Å². The van der Waals surface area contributed by atoms with Crippen molar-refractivity contribution in [3.05, 3.63) is 0 Å². The molecule has 1 saturated heterocycles. The Morgan fingerprint density at radius 2 is 1.89 bits per heavy atom. The minimum atomic E-state index is -3.18. The van der Waals surface area contributed by atoms with Crippen molar-refractivity contribution in [2.75, 3.05) is 18.9 Å². The Bertz CT molecular complexity index is 338. The number of rotatable bonds is 6. The van der Waals surface area contributed by atoms with Gasteiger partial charge in [-0.25, -0.2) is 8.42 Å². The second-order valence-corrected chi connectivity index (χ2v) is 7.47. The zero-order valence-electron chi connectivity index (χ0n) is 11.8. The number of nitrogens with zero attached hydrogens (tertiary/aromatic N) is 1. The minimum absolute atomic E-state index is 0.0761.